The Labute approximate surface area is 153 Å². The maximum atomic E-state index is 13.3. The second-order valence-electron chi connectivity index (χ2n) is 7.44. The van der Waals surface area contributed by atoms with Crippen LogP contribution in [0.15, 0.2) is 24.3 Å². The van der Waals surface area contributed by atoms with Crippen LogP contribution in [0.4, 0.5) is 4.39 Å². The maximum Gasteiger partial charge on any atom is 0.254 e. The number of carbonyl (C=O) groups excluding carboxylic acids is 3. The van der Waals surface area contributed by atoms with E-state index >= 15 is 0 Å². The summed E-state index contributed by atoms with van der Waals surface area (Å²) in [4.78, 5) is 39.7. The number of carbonyl (C=O) groups is 3. The fraction of sp³-hybridized carbons (Fsp3) is 0.526. The van der Waals surface area contributed by atoms with Crippen molar-refractivity contribution in [3.8, 4) is 0 Å². The SMILES string of the molecule is CC(C)(C)C(=O)NCCC(=O)N1CCN(C(=O)c2cccc(F)c2)CC1. The molecule has 0 spiro atoms. The highest BCUT2D eigenvalue weighted by Crippen LogP contribution is 2.13. The molecule has 0 radical (unpaired) electrons. The molecule has 6 nitrogen and oxygen atoms in total. The monoisotopic (exact) mass is 363 g/mol. The van der Waals surface area contributed by atoms with Gasteiger partial charge in [-0.1, -0.05) is 26.8 Å². The molecule has 0 aromatic heterocycles. The van der Waals surface area contributed by atoms with Crippen LogP contribution < -0.4 is 5.32 Å². The quantitative estimate of drug-likeness (QED) is 0.885. The standard InChI is InChI=1S/C19H26FN3O3/c1-19(2,3)18(26)21-8-7-16(24)22-9-11-23(12-10-22)17(25)14-5-4-6-15(20)13-14/h4-6,13H,7-12H2,1-3H3,(H,21,26). The average Bonchev–Trinajstić information content (AvgIpc) is 2.60. The molecule has 1 N–H and O–H groups in total. The lowest BCUT2D eigenvalue weighted by Crippen LogP contribution is -2.51. The molecule has 1 fully saturated rings. The van der Waals surface area contributed by atoms with Crippen molar-refractivity contribution in [3.05, 3.63) is 35.6 Å². The molecule has 7 heteroatoms. The number of nitrogens with one attached hydrogen (secondary N) is 1. The van der Waals surface area contributed by atoms with Gasteiger partial charge >= 0.3 is 0 Å². The van der Waals surface area contributed by atoms with Gasteiger partial charge in [-0.15, -0.1) is 0 Å². The summed E-state index contributed by atoms with van der Waals surface area (Å²) in [5.74, 6) is -0.802. The molecule has 1 aliphatic heterocycles. The molecule has 0 bridgehead atoms. The van der Waals surface area contributed by atoms with E-state index in [1.807, 2.05) is 20.8 Å². The summed E-state index contributed by atoms with van der Waals surface area (Å²) in [5.41, 5.74) is -0.166. The average molecular weight is 363 g/mol. The van der Waals surface area contributed by atoms with Gasteiger partial charge in [0.2, 0.25) is 11.8 Å². The van der Waals surface area contributed by atoms with Crippen molar-refractivity contribution in [2.75, 3.05) is 32.7 Å². The van der Waals surface area contributed by atoms with E-state index in [4.69, 9.17) is 0 Å². The van der Waals surface area contributed by atoms with Gasteiger partial charge in [-0.05, 0) is 18.2 Å². The maximum absolute atomic E-state index is 13.3. The molecule has 2 rings (SSSR count). The lowest BCUT2D eigenvalue weighted by atomic mass is 9.96. The molecule has 1 saturated heterocycles. The van der Waals surface area contributed by atoms with E-state index in [2.05, 4.69) is 5.32 Å². The van der Waals surface area contributed by atoms with Gasteiger partial charge in [-0.25, -0.2) is 4.39 Å². The van der Waals surface area contributed by atoms with E-state index in [9.17, 15) is 18.8 Å². The molecular weight excluding hydrogens is 337 g/mol. The Bertz CT molecular complexity index is 677. The third kappa shape index (κ3) is 5.28. The third-order valence-electron chi connectivity index (χ3n) is 4.30. The minimum absolute atomic E-state index is 0.0444. The Kier molecular flexibility index (Phi) is 6.34. The van der Waals surface area contributed by atoms with Crippen LogP contribution in [0.2, 0.25) is 0 Å². The summed E-state index contributed by atoms with van der Waals surface area (Å²) in [6, 6.07) is 5.61. The number of benzene rings is 1. The highest BCUT2D eigenvalue weighted by atomic mass is 19.1. The van der Waals surface area contributed by atoms with Crippen molar-refractivity contribution in [3.63, 3.8) is 0 Å². The number of nitrogens with zero attached hydrogens (tertiary/aromatic N) is 2. The normalized spacial score (nSPS) is 14.9. The number of hydrogen-bond acceptors (Lipinski definition) is 3. The largest absolute Gasteiger partial charge is 0.355 e. The Balaban J connectivity index is 1.78. The van der Waals surface area contributed by atoms with Crippen LogP contribution in [0.5, 0.6) is 0 Å². The van der Waals surface area contributed by atoms with E-state index in [0.29, 0.717) is 38.3 Å². The lowest BCUT2D eigenvalue weighted by Gasteiger charge is -2.35. The van der Waals surface area contributed by atoms with Crippen molar-refractivity contribution in [1.82, 2.24) is 15.1 Å². The first-order chi connectivity index (χ1) is 12.2. The molecule has 3 amide bonds. The highest BCUT2D eigenvalue weighted by Gasteiger charge is 2.25. The van der Waals surface area contributed by atoms with Crippen molar-refractivity contribution in [1.29, 1.82) is 0 Å². The van der Waals surface area contributed by atoms with Crippen molar-refractivity contribution in [2.45, 2.75) is 27.2 Å². The summed E-state index contributed by atoms with van der Waals surface area (Å²) in [5, 5.41) is 2.76. The minimum atomic E-state index is -0.480. The Morgan fingerprint density at radius 2 is 1.69 bits per heavy atom. The second-order valence-corrected chi connectivity index (χ2v) is 7.44. The summed E-state index contributed by atoms with van der Waals surface area (Å²) < 4.78 is 13.3. The van der Waals surface area contributed by atoms with Gasteiger partial charge in [-0.3, -0.25) is 14.4 Å². The predicted molar refractivity (Wildman–Crippen MR) is 96.0 cm³/mol. The van der Waals surface area contributed by atoms with Crippen LogP contribution in [-0.2, 0) is 9.59 Å². The van der Waals surface area contributed by atoms with Crippen molar-refractivity contribution < 1.29 is 18.8 Å². The first-order valence-corrected chi connectivity index (χ1v) is 8.79. The van der Waals surface area contributed by atoms with Gasteiger partial charge < -0.3 is 15.1 Å². The first-order valence-electron chi connectivity index (χ1n) is 8.79. The van der Waals surface area contributed by atoms with E-state index in [1.54, 1.807) is 15.9 Å². The lowest BCUT2D eigenvalue weighted by molar-refractivity contribution is -0.133. The number of piperazine rings is 1. The fourth-order valence-electron chi connectivity index (χ4n) is 2.67. The molecule has 0 unspecified atom stereocenters. The highest BCUT2D eigenvalue weighted by molar-refractivity contribution is 5.94. The Morgan fingerprint density at radius 1 is 1.08 bits per heavy atom. The molecule has 1 aliphatic rings. The Hall–Kier alpha value is -2.44. The van der Waals surface area contributed by atoms with Crippen LogP contribution >= 0.6 is 0 Å². The van der Waals surface area contributed by atoms with Gasteiger partial charge in [0.05, 0.1) is 0 Å². The molecule has 1 aromatic carbocycles. The topological polar surface area (TPSA) is 69.7 Å². The molecule has 0 saturated carbocycles. The molecule has 142 valence electrons. The molecule has 26 heavy (non-hydrogen) atoms. The second kappa shape index (κ2) is 8.29. The van der Waals surface area contributed by atoms with Gasteiger partial charge in [0, 0.05) is 50.1 Å². The zero-order valence-corrected chi connectivity index (χ0v) is 15.5. The summed E-state index contributed by atoms with van der Waals surface area (Å²) in [7, 11) is 0. The van der Waals surface area contributed by atoms with Crippen LogP contribution in [0, 0.1) is 11.2 Å². The van der Waals surface area contributed by atoms with E-state index in [-0.39, 0.29) is 24.1 Å². The van der Waals surface area contributed by atoms with Gasteiger partial charge in [0.1, 0.15) is 5.82 Å². The molecule has 1 aromatic rings. The zero-order valence-electron chi connectivity index (χ0n) is 15.5. The molecule has 0 atom stereocenters. The minimum Gasteiger partial charge on any atom is -0.355 e. The van der Waals surface area contributed by atoms with Crippen LogP contribution in [0.1, 0.15) is 37.6 Å². The third-order valence-corrected chi connectivity index (χ3v) is 4.30. The van der Waals surface area contributed by atoms with Crippen LogP contribution in [0.25, 0.3) is 0 Å². The van der Waals surface area contributed by atoms with Crippen molar-refractivity contribution >= 4 is 17.7 Å². The van der Waals surface area contributed by atoms with Gasteiger partial charge in [-0.2, -0.15) is 0 Å². The zero-order chi connectivity index (χ0) is 19.3. The van der Waals surface area contributed by atoms with Crippen LogP contribution in [-0.4, -0.2) is 60.2 Å². The number of rotatable bonds is 4. The summed E-state index contributed by atoms with van der Waals surface area (Å²) in [6.45, 7) is 7.46. The van der Waals surface area contributed by atoms with Gasteiger partial charge in [0.25, 0.3) is 5.91 Å². The van der Waals surface area contributed by atoms with Gasteiger partial charge in [0.15, 0.2) is 0 Å². The smallest absolute Gasteiger partial charge is 0.254 e. The number of hydrogen-bond donors (Lipinski definition) is 1. The van der Waals surface area contributed by atoms with Crippen LogP contribution in [0.3, 0.4) is 0 Å². The molecule has 0 aliphatic carbocycles. The van der Waals surface area contributed by atoms with E-state index in [1.165, 1.54) is 18.2 Å². The van der Waals surface area contributed by atoms with Crippen molar-refractivity contribution in [2.24, 2.45) is 5.41 Å². The molecule has 1 heterocycles. The first kappa shape index (κ1) is 19.9. The number of amides is 3. The Morgan fingerprint density at radius 3 is 2.27 bits per heavy atom. The molecular formula is C19H26FN3O3. The summed E-state index contributed by atoms with van der Waals surface area (Å²) >= 11 is 0. The van der Waals surface area contributed by atoms with E-state index < -0.39 is 11.2 Å². The predicted octanol–water partition coefficient (Wildman–Crippen LogP) is 1.66. The summed E-state index contributed by atoms with van der Waals surface area (Å²) in [6.07, 6.45) is 0.236. The fourth-order valence-corrected chi connectivity index (χ4v) is 2.67. The van der Waals surface area contributed by atoms with E-state index in [0.717, 1.165) is 0 Å². The number of halogens is 1.